The SMILES string of the molecule is CCOC(=O)c1cnc(CS(C)(=O)=O)nc1CCl. The highest BCUT2D eigenvalue weighted by Crippen LogP contribution is 2.11. The number of nitrogens with zero attached hydrogens (tertiary/aromatic N) is 2. The van der Waals surface area contributed by atoms with E-state index in [-0.39, 0.29) is 35.3 Å². The van der Waals surface area contributed by atoms with E-state index < -0.39 is 15.8 Å². The van der Waals surface area contributed by atoms with Crippen LogP contribution in [0.1, 0.15) is 28.8 Å². The van der Waals surface area contributed by atoms with E-state index in [2.05, 4.69) is 9.97 Å². The molecule has 0 aliphatic carbocycles. The average Bonchev–Trinajstić information content (AvgIpc) is 2.27. The number of rotatable bonds is 5. The summed E-state index contributed by atoms with van der Waals surface area (Å²) in [6.45, 7) is 1.91. The number of hydrogen-bond acceptors (Lipinski definition) is 6. The van der Waals surface area contributed by atoms with Crippen molar-refractivity contribution in [1.82, 2.24) is 9.97 Å². The van der Waals surface area contributed by atoms with Gasteiger partial charge in [0.2, 0.25) is 0 Å². The summed E-state index contributed by atoms with van der Waals surface area (Å²) in [5.74, 6) is -0.770. The van der Waals surface area contributed by atoms with Gasteiger partial charge in [-0.05, 0) is 6.92 Å². The Labute approximate surface area is 110 Å². The van der Waals surface area contributed by atoms with Gasteiger partial charge in [0, 0.05) is 12.5 Å². The molecule has 100 valence electrons. The lowest BCUT2D eigenvalue weighted by Gasteiger charge is -2.07. The number of aromatic nitrogens is 2. The Morgan fingerprint density at radius 1 is 1.50 bits per heavy atom. The molecule has 0 aliphatic rings. The molecule has 0 fully saturated rings. The molecule has 18 heavy (non-hydrogen) atoms. The molecule has 1 heterocycles. The zero-order valence-electron chi connectivity index (χ0n) is 10.0. The minimum Gasteiger partial charge on any atom is -0.462 e. The maximum absolute atomic E-state index is 11.5. The predicted molar refractivity (Wildman–Crippen MR) is 66.1 cm³/mol. The van der Waals surface area contributed by atoms with Gasteiger partial charge in [0.15, 0.2) is 9.84 Å². The molecular formula is C10H13ClN2O4S. The fourth-order valence-electron chi connectivity index (χ4n) is 1.24. The topological polar surface area (TPSA) is 86.2 Å². The maximum Gasteiger partial charge on any atom is 0.341 e. The van der Waals surface area contributed by atoms with Gasteiger partial charge in [-0.1, -0.05) is 0 Å². The minimum atomic E-state index is -3.23. The van der Waals surface area contributed by atoms with E-state index in [0.717, 1.165) is 6.26 Å². The van der Waals surface area contributed by atoms with Crippen molar-refractivity contribution < 1.29 is 17.9 Å². The highest BCUT2D eigenvalue weighted by molar-refractivity contribution is 7.89. The van der Waals surface area contributed by atoms with E-state index in [9.17, 15) is 13.2 Å². The molecule has 0 bridgehead atoms. The third-order valence-electron chi connectivity index (χ3n) is 1.93. The molecule has 0 spiro atoms. The molecule has 8 heteroatoms. The van der Waals surface area contributed by atoms with Crippen molar-refractivity contribution in [2.75, 3.05) is 12.9 Å². The van der Waals surface area contributed by atoms with Gasteiger partial charge in [0.05, 0.1) is 18.2 Å². The zero-order chi connectivity index (χ0) is 13.8. The second-order valence-electron chi connectivity index (χ2n) is 3.57. The van der Waals surface area contributed by atoms with E-state index in [1.165, 1.54) is 6.20 Å². The molecule has 0 saturated carbocycles. The molecule has 0 aromatic carbocycles. The van der Waals surface area contributed by atoms with E-state index in [1.807, 2.05) is 0 Å². The maximum atomic E-state index is 11.5. The van der Waals surface area contributed by atoms with Crippen molar-refractivity contribution in [3.05, 3.63) is 23.3 Å². The first-order valence-electron chi connectivity index (χ1n) is 5.13. The van der Waals surface area contributed by atoms with Crippen molar-refractivity contribution in [1.29, 1.82) is 0 Å². The Hall–Kier alpha value is -1.21. The normalized spacial score (nSPS) is 11.3. The Morgan fingerprint density at radius 2 is 2.17 bits per heavy atom. The second-order valence-corrected chi connectivity index (χ2v) is 5.98. The van der Waals surface area contributed by atoms with E-state index in [0.29, 0.717) is 0 Å². The molecule has 0 N–H and O–H groups in total. The molecule has 1 aromatic rings. The van der Waals surface area contributed by atoms with Crippen LogP contribution in [0.4, 0.5) is 0 Å². The summed E-state index contributed by atoms with van der Waals surface area (Å²) < 4.78 is 27.0. The fraction of sp³-hybridized carbons (Fsp3) is 0.500. The first-order chi connectivity index (χ1) is 8.37. The van der Waals surface area contributed by atoms with Gasteiger partial charge < -0.3 is 4.74 Å². The number of ether oxygens (including phenoxy) is 1. The van der Waals surface area contributed by atoms with Crippen LogP contribution >= 0.6 is 11.6 Å². The molecule has 0 saturated heterocycles. The molecule has 1 rings (SSSR count). The summed E-state index contributed by atoms with van der Waals surface area (Å²) in [6.07, 6.45) is 2.32. The lowest BCUT2D eigenvalue weighted by Crippen LogP contribution is -2.13. The van der Waals surface area contributed by atoms with Crippen LogP contribution in [0.25, 0.3) is 0 Å². The minimum absolute atomic E-state index is 0.0204. The van der Waals surface area contributed by atoms with Gasteiger partial charge in [0.1, 0.15) is 17.1 Å². The molecule has 0 unspecified atom stereocenters. The lowest BCUT2D eigenvalue weighted by atomic mass is 10.2. The van der Waals surface area contributed by atoms with Crippen LogP contribution in [0, 0.1) is 0 Å². The Kier molecular flexibility index (Phi) is 5.03. The van der Waals surface area contributed by atoms with Crippen molar-refractivity contribution in [2.45, 2.75) is 18.6 Å². The zero-order valence-corrected chi connectivity index (χ0v) is 11.6. The number of esters is 1. The average molecular weight is 293 g/mol. The molecule has 0 radical (unpaired) electrons. The standard InChI is InChI=1S/C10H13ClN2O4S/c1-3-17-10(14)7-5-12-9(6-18(2,15)16)13-8(7)4-11/h5H,3-4,6H2,1-2H3. The molecule has 0 aliphatic heterocycles. The lowest BCUT2D eigenvalue weighted by molar-refractivity contribution is 0.0524. The summed E-state index contributed by atoms with van der Waals surface area (Å²) in [4.78, 5) is 19.3. The third-order valence-corrected chi connectivity index (χ3v) is 2.97. The quantitative estimate of drug-likeness (QED) is 0.593. The van der Waals surface area contributed by atoms with Gasteiger partial charge >= 0.3 is 5.97 Å². The molecular weight excluding hydrogens is 280 g/mol. The summed E-state index contributed by atoms with van der Waals surface area (Å²) in [5.41, 5.74) is 0.424. The van der Waals surface area contributed by atoms with Crippen LogP contribution < -0.4 is 0 Å². The van der Waals surface area contributed by atoms with Gasteiger partial charge in [0.25, 0.3) is 0 Å². The number of sulfone groups is 1. The van der Waals surface area contributed by atoms with Crippen LogP contribution in [-0.2, 0) is 26.2 Å². The highest BCUT2D eigenvalue weighted by atomic mass is 35.5. The number of carbonyl (C=O) groups excluding carboxylic acids is 1. The molecule has 0 atom stereocenters. The van der Waals surface area contributed by atoms with Crippen LogP contribution in [0.2, 0.25) is 0 Å². The van der Waals surface area contributed by atoms with E-state index in [1.54, 1.807) is 6.92 Å². The monoisotopic (exact) mass is 292 g/mol. The summed E-state index contributed by atoms with van der Waals surface area (Å²) >= 11 is 5.67. The first-order valence-corrected chi connectivity index (χ1v) is 7.72. The van der Waals surface area contributed by atoms with Crippen LogP contribution in [0.3, 0.4) is 0 Å². The van der Waals surface area contributed by atoms with Crippen LogP contribution in [0.15, 0.2) is 6.20 Å². The number of alkyl halides is 1. The van der Waals surface area contributed by atoms with Crippen molar-refractivity contribution in [3.63, 3.8) is 0 Å². The number of carbonyl (C=O) groups is 1. The highest BCUT2D eigenvalue weighted by Gasteiger charge is 2.16. The Bertz CT molecular complexity index is 545. The van der Waals surface area contributed by atoms with Gasteiger partial charge in [-0.15, -0.1) is 11.6 Å². The van der Waals surface area contributed by atoms with Crippen molar-refractivity contribution in [3.8, 4) is 0 Å². The van der Waals surface area contributed by atoms with Crippen molar-refractivity contribution >= 4 is 27.4 Å². The second kappa shape index (κ2) is 6.10. The third kappa shape index (κ3) is 4.23. The van der Waals surface area contributed by atoms with Gasteiger partial charge in [-0.25, -0.2) is 23.2 Å². The van der Waals surface area contributed by atoms with Gasteiger partial charge in [-0.2, -0.15) is 0 Å². The molecule has 6 nitrogen and oxygen atoms in total. The van der Waals surface area contributed by atoms with Crippen LogP contribution in [0.5, 0.6) is 0 Å². The number of halogens is 1. The number of hydrogen-bond donors (Lipinski definition) is 0. The predicted octanol–water partition coefficient (Wildman–Crippen LogP) is 0.937. The molecule has 1 aromatic heterocycles. The van der Waals surface area contributed by atoms with E-state index in [4.69, 9.17) is 16.3 Å². The molecule has 0 amide bonds. The summed E-state index contributed by atoms with van der Waals surface area (Å²) in [5, 5.41) is 0. The summed E-state index contributed by atoms with van der Waals surface area (Å²) in [7, 11) is -3.23. The van der Waals surface area contributed by atoms with E-state index >= 15 is 0 Å². The largest absolute Gasteiger partial charge is 0.462 e. The Morgan fingerprint density at radius 3 is 2.67 bits per heavy atom. The Balaban J connectivity index is 3.07. The first kappa shape index (κ1) is 14.8. The fourth-order valence-corrected chi connectivity index (χ4v) is 2.06. The summed E-state index contributed by atoms with van der Waals surface area (Å²) in [6, 6.07) is 0. The van der Waals surface area contributed by atoms with Crippen LogP contribution in [-0.4, -0.2) is 37.2 Å². The van der Waals surface area contributed by atoms with Crippen molar-refractivity contribution in [2.24, 2.45) is 0 Å². The van der Waals surface area contributed by atoms with Gasteiger partial charge in [-0.3, -0.25) is 0 Å². The smallest absolute Gasteiger partial charge is 0.341 e.